The maximum atomic E-state index is 11.7. The number of urea groups is 1. The van der Waals surface area contributed by atoms with Crippen LogP contribution in [0.1, 0.15) is 13.8 Å². The van der Waals surface area contributed by atoms with Crippen LogP contribution in [0.3, 0.4) is 0 Å². The van der Waals surface area contributed by atoms with Crippen molar-refractivity contribution in [2.45, 2.75) is 19.9 Å². The highest BCUT2D eigenvalue weighted by molar-refractivity contribution is 5.95. The summed E-state index contributed by atoms with van der Waals surface area (Å²) in [6, 6.07) is 7.02. The molecule has 0 unspecified atom stereocenters. The predicted octanol–water partition coefficient (Wildman–Crippen LogP) is 1.58. The van der Waals surface area contributed by atoms with Crippen LogP contribution >= 0.6 is 0 Å². The van der Waals surface area contributed by atoms with Crippen molar-refractivity contribution in [2.75, 3.05) is 30.0 Å². The Morgan fingerprint density at radius 3 is 2.60 bits per heavy atom. The molecule has 0 atom stereocenters. The minimum Gasteiger partial charge on any atom is -0.370 e. The summed E-state index contributed by atoms with van der Waals surface area (Å²) in [5, 5.41) is 5.48. The second kappa shape index (κ2) is 6.38. The van der Waals surface area contributed by atoms with Gasteiger partial charge in [-0.2, -0.15) is 0 Å². The Morgan fingerprint density at radius 2 is 2.00 bits per heavy atom. The Morgan fingerprint density at radius 1 is 1.30 bits per heavy atom. The first-order valence-corrected chi connectivity index (χ1v) is 6.62. The zero-order chi connectivity index (χ0) is 14.5. The molecule has 6 nitrogen and oxygen atoms in total. The van der Waals surface area contributed by atoms with Gasteiger partial charge in [0.15, 0.2) is 0 Å². The lowest BCUT2D eigenvalue weighted by molar-refractivity contribution is -0.125. The number of morpholine rings is 1. The van der Waals surface area contributed by atoms with Crippen molar-refractivity contribution in [2.24, 2.45) is 0 Å². The number of ether oxygens (including phenoxy) is 1. The Labute approximate surface area is 118 Å². The average Bonchev–Trinajstić information content (AvgIpc) is 2.39. The average molecular weight is 277 g/mol. The van der Waals surface area contributed by atoms with E-state index in [1.54, 1.807) is 17.0 Å². The number of rotatable bonds is 3. The van der Waals surface area contributed by atoms with Gasteiger partial charge in [0, 0.05) is 24.0 Å². The van der Waals surface area contributed by atoms with Gasteiger partial charge in [-0.25, -0.2) is 4.79 Å². The maximum Gasteiger partial charge on any atom is 0.319 e. The Kier molecular flexibility index (Phi) is 4.57. The van der Waals surface area contributed by atoms with Crippen molar-refractivity contribution in [1.29, 1.82) is 0 Å². The van der Waals surface area contributed by atoms with E-state index >= 15 is 0 Å². The van der Waals surface area contributed by atoms with Gasteiger partial charge in [-0.15, -0.1) is 0 Å². The molecule has 1 aliphatic heterocycles. The molecule has 0 saturated carbocycles. The molecule has 1 fully saturated rings. The molecule has 1 saturated heterocycles. The Balaban J connectivity index is 1.99. The van der Waals surface area contributed by atoms with Crippen LogP contribution < -0.4 is 15.5 Å². The van der Waals surface area contributed by atoms with Gasteiger partial charge in [0.1, 0.15) is 6.61 Å². The number of benzene rings is 1. The van der Waals surface area contributed by atoms with E-state index in [1.807, 2.05) is 26.0 Å². The number of hydrogen-bond acceptors (Lipinski definition) is 3. The molecule has 0 spiro atoms. The lowest BCUT2D eigenvalue weighted by Crippen LogP contribution is -2.41. The zero-order valence-electron chi connectivity index (χ0n) is 11.7. The molecular formula is C14H19N3O3. The van der Waals surface area contributed by atoms with Crippen molar-refractivity contribution in [3.05, 3.63) is 24.3 Å². The van der Waals surface area contributed by atoms with Gasteiger partial charge in [-0.1, -0.05) is 0 Å². The van der Waals surface area contributed by atoms with Crippen molar-refractivity contribution in [3.63, 3.8) is 0 Å². The van der Waals surface area contributed by atoms with Gasteiger partial charge < -0.3 is 20.3 Å². The fraction of sp³-hybridized carbons (Fsp3) is 0.429. The first-order chi connectivity index (χ1) is 9.56. The highest BCUT2D eigenvalue weighted by Gasteiger charge is 2.19. The Bertz CT molecular complexity index is 485. The molecule has 2 N–H and O–H groups in total. The number of carbonyl (C=O) groups excluding carboxylic acids is 2. The zero-order valence-corrected chi connectivity index (χ0v) is 11.7. The van der Waals surface area contributed by atoms with E-state index in [0.29, 0.717) is 18.8 Å². The summed E-state index contributed by atoms with van der Waals surface area (Å²) in [6.07, 6.45) is 0. The fourth-order valence-electron chi connectivity index (χ4n) is 1.95. The number of hydrogen-bond donors (Lipinski definition) is 2. The van der Waals surface area contributed by atoms with Crippen LogP contribution in [0.4, 0.5) is 16.2 Å². The molecule has 1 aromatic rings. The van der Waals surface area contributed by atoms with Crippen LogP contribution in [0.2, 0.25) is 0 Å². The van der Waals surface area contributed by atoms with Gasteiger partial charge in [0.2, 0.25) is 0 Å². The second-order valence-electron chi connectivity index (χ2n) is 4.90. The normalized spacial score (nSPS) is 15.3. The molecule has 108 valence electrons. The van der Waals surface area contributed by atoms with E-state index in [-0.39, 0.29) is 24.6 Å². The van der Waals surface area contributed by atoms with E-state index in [0.717, 1.165) is 5.69 Å². The molecule has 1 heterocycles. The van der Waals surface area contributed by atoms with E-state index in [2.05, 4.69) is 10.6 Å². The summed E-state index contributed by atoms with van der Waals surface area (Å²) in [6.45, 7) is 5.01. The molecule has 1 aromatic carbocycles. The molecule has 3 amide bonds. The minimum absolute atomic E-state index is 0.0467. The fourth-order valence-corrected chi connectivity index (χ4v) is 1.95. The van der Waals surface area contributed by atoms with E-state index in [9.17, 15) is 9.59 Å². The van der Waals surface area contributed by atoms with Crippen LogP contribution in [-0.2, 0) is 9.53 Å². The van der Waals surface area contributed by atoms with E-state index < -0.39 is 0 Å². The monoisotopic (exact) mass is 277 g/mol. The van der Waals surface area contributed by atoms with Crippen molar-refractivity contribution < 1.29 is 14.3 Å². The molecule has 20 heavy (non-hydrogen) atoms. The molecule has 6 heteroatoms. The van der Waals surface area contributed by atoms with Crippen LogP contribution in [0.5, 0.6) is 0 Å². The van der Waals surface area contributed by atoms with Crippen molar-refractivity contribution in [1.82, 2.24) is 5.32 Å². The topological polar surface area (TPSA) is 70.7 Å². The molecule has 0 aliphatic carbocycles. The van der Waals surface area contributed by atoms with Crippen LogP contribution in [-0.4, -0.2) is 37.7 Å². The van der Waals surface area contributed by atoms with E-state index in [1.165, 1.54) is 0 Å². The molecule has 0 bridgehead atoms. The number of amides is 3. The lowest BCUT2D eigenvalue weighted by atomic mass is 10.2. The number of anilines is 2. The predicted molar refractivity (Wildman–Crippen MR) is 76.9 cm³/mol. The minimum atomic E-state index is -0.241. The summed E-state index contributed by atoms with van der Waals surface area (Å²) in [5.74, 6) is -0.0467. The quantitative estimate of drug-likeness (QED) is 0.881. The third-order valence-corrected chi connectivity index (χ3v) is 2.84. The first-order valence-electron chi connectivity index (χ1n) is 6.62. The van der Waals surface area contributed by atoms with Gasteiger partial charge in [-0.3, -0.25) is 4.79 Å². The number of carbonyl (C=O) groups is 2. The molecule has 0 radical (unpaired) electrons. The van der Waals surface area contributed by atoms with Gasteiger partial charge >= 0.3 is 6.03 Å². The number of nitrogens with zero attached hydrogens (tertiary/aromatic N) is 1. The highest BCUT2D eigenvalue weighted by atomic mass is 16.5. The van der Waals surface area contributed by atoms with Crippen molar-refractivity contribution in [3.8, 4) is 0 Å². The third kappa shape index (κ3) is 3.71. The third-order valence-electron chi connectivity index (χ3n) is 2.84. The maximum absolute atomic E-state index is 11.7. The standard InChI is InChI=1S/C14H19N3O3/c1-10(2)15-14(19)16-11-3-5-12(6-4-11)17-7-8-20-9-13(17)18/h3-6,10H,7-9H2,1-2H3,(H2,15,16,19). The van der Waals surface area contributed by atoms with E-state index in [4.69, 9.17) is 4.74 Å². The second-order valence-corrected chi connectivity index (χ2v) is 4.90. The SMILES string of the molecule is CC(C)NC(=O)Nc1ccc(N2CCOCC2=O)cc1. The van der Waals surface area contributed by atoms with Crippen LogP contribution in [0.15, 0.2) is 24.3 Å². The molecular weight excluding hydrogens is 258 g/mol. The summed E-state index contributed by atoms with van der Waals surface area (Å²) < 4.78 is 5.09. The summed E-state index contributed by atoms with van der Waals surface area (Å²) in [7, 11) is 0. The molecule has 1 aliphatic rings. The largest absolute Gasteiger partial charge is 0.370 e. The first kappa shape index (κ1) is 14.3. The van der Waals surface area contributed by atoms with Gasteiger partial charge in [-0.05, 0) is 38.1 Å². The van der Waals surface area contributed by atoms with Crippen LogP contribution in [0, 0.1) is 0 Å². The van der Waals surface area contributed by atoms with Crippen LogP contribution in [0.25, 0.3) is 0 Å². The summed E-state index contributed by atoms with van der Waals surface area (Å²) in [5.41, 5.74) is 1.50. The lowest BCUT2D eigenvalue weighted by Gasteiger charge is -2.26. The highest BCUT2D eigenvalue weighted by Crippen LogP contribution is 2.19. The van der Waals surface area contributed by atoms with Crippen molar-refractivity contribution >= 4 is 23.3 Å². The van der Waals surface area contributed by atoms with Gasteiger partial charge in [0.05, 0.1) is 6.61 Å². The number of nitrogens with one attached hydrogen (secondary N) is 2. The smallest absolute Gasteiger partial charge is 0.319 e. The summed E-state index contributed by atoms with van der Waals surface area (Å²) >= 11 is 0. The Hall–Kier alpha value is -2.08. The molecule has 2 rings (SSSR count). The summed E-state index contributed by atoms with van der Waals surface area (Å²) in [4.78, 5) is 24.9. The van der Waals surface area contributed by atoms with Gasteiger partial charge in [0.25, 0.3) is 5.91 Å². The molecule has 0 aromatic heterocycles.